The first kappa shape index (κ1) is 13.3. The SMILES string of the molecule is OC[C@H]1CCN(CCc2ccc(O)cc2)C[C@H]1O. The molecule has 1 saturated heterocycles. The van der Waals surface area contributed by atoms with Crippen molar-refractivity contribution in [2.45, 2.75) is 18.9 Å². The fraction of sp³-hybridized carbons (Fsp3) is 0.571. The molecule has 0 spiro atoms. The van der Waals surface area contributed by atoms with Crippen molar-refractivity contribution in [2.75, 3.05) is 26.2 Å². The summed E-state index contributed by atoms with van der Waals surface area (Å²) in [5, 5.41) is 28.1. The summed E-state index contributed by atoms with van der Waals surface area (Å²) in [5.74, 6) is 0.327. The van der Waals surface area contributed by atoms with Crippen molar-refractivity contribution in [3.63, 3.8) is 0 Å². The Bertz CT molecular complexity index is 366. The number of phenols is 1. The van der Waals surface area contributed by atoms with Crippen molar-refractivity contribution in [1.82, 2.24) is 4.90 Å². The first-order valence-electron chi connectivity index (χ1n) is 6.48. The van der Waals surface area contributed by atoms with Crippen LogP contribution >= 0.6 is 0 Å². The molecule has 0 unspecified atom stereocenters. The van der Waals surface area contributed by atoms with E-state index in [0.717, 1.165) is 25.9 Å². The third-order valence-corrected chi connectivity index (χ3v) is 3.69. The summed E-state index contributed by atoms with van der Waals surface area (Å²) >= 11 is 0. The van der Waals surface area contributed by atoms with Gasteiger partial charge in [-0.1, -0.05) is 12.1 Å². The summed E-state index contributed by atoms with van der Waals surface area (Å²) in [5.41, 5.74) is 1.19. The van der Waals surface area contributed by atoms with Crippen molar-refractivity contribution in [2.24, 2.45) is 5.92 Å². The van der Waals surface area contributed by atoms with Gasteiger partial charge in [-0.15, -0.1) is 0 Å². The zero-order valence-corrected chi connectivity index (χ0v) is 10.5. The van der Waals surface area contributed by atoms with Crippen molar-refractivity contribution in [1.29, 1.82) is 0 Å². The zero-order chi connectivity index (χ0) is 13.0. The molecule has 4 nitrogen and oxygen atoms in total. The molecule has 1 aromatic rings. The number of benzene rings is 1. The Labute approximate surface area is 107 Å². The van der Waals surface area contributed by atoms with Gasteiger partial charge in [0.15, 0.2) is 0 Å². The van der Waals surface area contributed by atoms with E-state index in [1.165, 1.54) is 5.56 Å². The second-order valence-corrected chi connectivity index (χ2v) is 5.02. The molecule has 1 aliphatic rings. The predicted octanol–water partition coefficient (Wildman–Crippen LogP) is 0.610. The van der Waals surface area contributed by atoms with E-state index in [9.17, 15) is 10.2 Å². The van der Waals surface area contributed by atoms with Crippen molar-refractivity contribution in [3.05, 3.63) is 29.8 Å². The molecule has 0 radical (unpaired) electrons. The monoisotopic (exact) mass is 251 g/mol. The van der Waals surface area contributed by atoms with Crippen LogP contribution in [0.1, 0.15) is 12.0 Å². The summed E-state index contributed by atoms with van der Waals surface area (Å²) in [4.78, 5) is 2.23. The van der Waals surface area contributed by atoms with Gasteiger partial charge in [0.1, 0.15) is 5.75 Å². The molecule has 1 aromatic carbocycles. The molecule has 1 fully saturated rings. The van der Waals surface area contributed by atoms with E-state index in [0.29, 0.717) is 6.54 Å². The molecule has 0 amide bonds. The molecular weight excluding hydrogens is 230 g/mol. The Morgan fingerprint density at radius 2 is 1.94 bits per heavy atom. The summed E-state index contributed by atoms with van der Waals surface area (Å²) in [7, 11) is 0. The summed E-state index contributed by atoms with van der Waals surface area (Å²) in [6.07, 6.45) is 1.35. The van der Waals surface area contributed by atoms with Crippen LogP contribution in [0, 0.1) is 5.92 Å². The van der Waals surface area contributed by atoms with E-state index in [4.69, 9.17) is 5.11 Å². The number of nitrogens with zero attached hydrogens (tertiary/aromatic N) is 1. The average molecular weight is 251 g/mol. The van der Waals surface area contributed by atoms with Gasteiger partial charge >= 0.3 is 0 Å². The van der Waals surface area contributed by atoms with Crippen LogP contribution < -0.4 is 0 Å². The Morgan fingerprint density at radius 3 is 2.56 bits per heavy atom. The fourth-order valence-corrected chi connectivity index (χ4v) is 2.41. The number of β-amino-alcohol motifs (C(OH)–C–C–N with tert-alkyl or cyclic N) is 1. The third-order valence-electron chi connectivity index (χ3n) is 3.69. The Hall–Kier alpha value is -1.10. The molecule has 2 atom stereocenters. The topological polar surface area (TPSA) is 63.9 Å². The van der Waals surface area contributed by atoms with Crippen molar-refractivity contribution in [3.8, 4) is 5.75 Å². The minimum Gasteiger partial charge on any atom is -0.508 e. The highest BCUT2D eigenvalue weighted by atomic mass is 16.3. The quantitative estimate of drug-likeness (QED) is 0.733. The van der Waals surface area contributed by atoms with Crippen LogP contribution in [-0.2, 0) is 6.42 Å². The highest BCUT2D eigenvalue weighted by Gasteiger charge is 2.26. The molecule has 0 saturated carbocycles. The number of aromatic hydroxyl groups is 1. The molecule has 1 aliphatic heterocycles. The first-order valence-corrected chi connectivity index (χ1v) is 6.48. The number of hydrogen-bond acceptors (Lipinski definition) is 4. The molecule has 0 bridgehead atoms. The van der Waals surface area contributed by atoms with E-state index in [-0.39, 0.29) is 18.3 Å². The average Bonchev–Trinajstić information content (AvgIpc) is 2.38. The number of rotatable bonds is 4. The molecule has 0 aliphatic carbocycles. The molecule has 1 heterocycles. The van der Waals surface area contributed by atoms with E-state index in [1.54, 1.807) is 12.1 Å². The van der Waals surface area contributed by atoms with Gasteiger partial charge in [0.05, 0.1) is 6.10 Å². The van der Waals surface area contributed by atoms with Crippen LogP contribution in [0.4, 0.5) is 0 Å². The maximum absolute atomic E-state index is 9.84. The van der Waals surface area contributed by atoms with Gasteiger partial charge in [0.2, 0.25) is 0 Å². The van der Waals surface area contributed by atoms with Gasteiger partial charge in [-0.2, -0.15) is 0 Å². The van der Waals surface area contributed by atoms with Crippen LogP contribution in [0.3, 0.4) is 0 Å². The smallest absolute Gasteiger partial charge is 0.115 e. The van der Waals surface area contributed by atoms with Gasteiger partial charge < -0.3 is 20.2 Å². The van der Waals surface area contributed by atoms with Crippen molar-refractivity contribution >= 4 is 0 Å². The van der Waals surface area contributed by atoms with E-state index in [2.05, 4.69) is 4.90 Å². The molecule has 4 heteroatoms. The predicted molar refractivity (Wildman–Crippen MR) is 69.5 cm³/mol. The minimum absolute atomic E-state index is 0.0370. The maximum Gasteiger partial charge on any atom is 0.115 e. The maximum atomic E-state index is 9.84. The molecule has 0 aromatic heterocycles. The summed E-state index contributed by atoms with van der Waals surface area (Å²) in [6.45, 7) is 2.55. The second-order valence-electron chi connectivity index (χ2n) is 5.02. The number of aliphatic hydroxyl groups excluding tert-OH is 2. The summed E-state index contributed by atoms with van der Waals surface area (Å²) < 4.78 is 0. The highest BCUT2D eigenvalue weighted by Crippen LogP contribution is 2.18. The van der Waals surface area contributed by atoms with E-state index < -0.39 is 6.10 Å². The van der Waals surface area contributed by atoms with Crippen LogP contribution in [0.25, 0.3) is 0 Å². The number of phenolic OH excluding ortho intramolecular Hbond substituents is 1. The lowest BCUT2D eigenvalue weighted by molar-refractivity contribution is -0.00138. The lowest BCUT2D eigenvalue weighted by Gasteiger charge is -2.35. The van der Waals surface area contributed by atoms with E-state index >= 15 is 0 Å². The van der Waals surface area contributed by atoms with Gasteiger partial charge in [0, 0.05) is 25.6 Å². The lowest BCUT2D eigenvalue weighted by Crippen LogP contribution is -2.45. The van der Waals surface area contributed by atoms with Crippen LogP contribution in [0.5, 0.6) is 5.75 Å². The number of hydrogen-bond donors (Lipinski definition) is 3. The Morgan fingerprint density at radius 1 is 1.22 bits per heavy atom. The number of likely N-dealkylation sites (tertiary alicyclic amines) is 1. The third kappa shape index (κ3) is 3.45. The van der Waals surface area contributed by atoms with E-state index in [1.807, 2.05) is 12.1 Å². The Balaban J connectivity index is 1.79. The van der Waals surface area contributed by atoms with Gasteiger partial charge in [-0.3, -0.25) is 0 Å². The Kier molecular flexibility index (Phi) is 4.58. The minimum atomic E-state index is -0.413. The molecule has 3 N–H and O–H groups in total. The van der Waals surface area contributed by atoms with Gasteiger partial charge in [0.25, 0.3) is 0 Å². The van der Waals surface area contributed by atoms with Gasteiger partial charge in [-0.05, 0) is 37.1 Å². The molecule has 2 rings (SSSR count). The van der Waals surface area contributed by atoms with Crippen molar-refractivity contribution < 1.29 is 15.3 Å². The lowest BCUT2D eigenvalue weighted by atomic mass is 9.94. The van der Waals surface area contributed by atoms with Crippen LogP contribution in [-0.4, -0.2) is 52.6 Å². The van der Waals surface area contributed by atoms with Gasteiger partial charge in [-0.25, -0.2) is 0 Å². The number of piperidine rings is 1. The second kappa shape index (κ2) is 6.18. The molecule has 100 valence electrons. The first-order chi connectivity index (χ1) is 8.69. The van der Waals surface area contributed by atoms with Crippen LogP contribution in [0.2, 0.25) is 0 Å². The molecular formula is C14H21NO3. The standard InChI is InChI=1S/C14H21NO3/c16-10-12-6-8-15(9-14(12)18)7-5-11-1-3-13(17)4-2-11/h1-4,12,14,16-18H,5-10H2/t12-,14-/m1/s1. The normalized spacial score (nSPS) is 25.2. The highest BCUT2D eigenvalue weighted by molar-refractivity contribution is 5.26. The number of aliphatic hydroxyl groups is 2. The largest absolute Gasteiger partial charge is 0.508 e. The zero-order valence-electron chi connectivity index (χ0n) is 10.5. The summed E-state index contributed by atoms with van der Waals surface area (Å²) in [6, 6.07) is 7.24. The molecule has 18 heavy (non-hydrogen) atoms. The van der Waals surface area contributed by atoms with Crippen LogP contribution in [0.15, 0.2) is 24.3 Å². The fourth-order valence-electron chi connectivity index (χ4n) is 2.41.